The number of benzene rings is 2. The van der Waals surface area contributed by atoms with Crippen molar-refractivity contribution in [2.45, 2.75) is 0 Å². The van der Waals surface area contributed by atoms with E-state index in [2.05, 4.69) is 11.8 Å². The molecule has 0 aliphatic rings. The van der Waals surface area contributed by atoms with Crippen LogP contribution in [0.4, 0.5) is 8.78 Å². The molecule has 18 heavy (non-hydrogen) atoms. The maximum Gasteiger partial charge on any atom is 0.123 e. The Morgan fingerprint density at radius 3 is 1.94 bits per heavy atom. The number of hydrogen-bond acceptors (Lipinski definition) is 0. The first kappa shape index (κ1) is 12.1. The SMILES string of the molecule is Fc1ccc(C#C/C=C/c2ccc(F)cc2)cc1. The van der Waals surface area contributed by atoms with E-state index in [-0.39, 0.29) is 11.6 Å². The van der Waals surface area contributed by atoms with Crippen LogP contribution >= 0.6 is 0 Å². The Hall–Kier alpha value is -2.40. The lowest BCUT2D eigenvalue weighted by molar-refractivity contribution is 0.627. The molecule has 2 heteroatoms. The molecule has 0 amide bonds. The molecule has 0 N–H and O–H groups in total. The minimum Gasteiger partial charge on any atom is -0.207 e. The van der Waals surface area contributed by atoms with Crippen LogP contribution in [0.2, 0.25) is 0 Å². The molecule has 0 fully saturated rings. The van der Waals surface area contributed by atoms with Crippen molar-refractivity contribution >= 4 is 6.08 Å². The van der Waals surface area contributed by atoms with Gasteiger partial charge in [-0.15, -0.1) is 0 Å². The van der Waals surface area contributed by atoms with Gasteiger partial charge in [-0.05, 0) is 54.1 Å². The highest BCUT2D eigenvalue weighted by Gasteiger charge is 1.88. The third kappa shape index (κ3) is 3.57. The first-order chi connectivity index (χ1) is 8.74. The predicted molar refractivity (Wildman–Crippen MR) is 68.7 cm³/mol. The lowest BCUT2D eigenvalue weighted by Gasteiger charge is -1.90. The van der Waals surface area contributed by atoms with Gasteiger partial charge in [0.2, 0.25) is 0 Å². The van der Waals surface area contributed by atoms with Gasteiger partial charge < -0.3 is 0 Å². The van der Waals surface area contributed by atoms with Crippen LogP contribution in [0.5, 0.6) is 0 Å². The fourth-order valence-corrected chi connectivity index (χ4v) is 1.37. The summed E-state index contributed by atoms with van der Waals surface area (Å²) in [5.74, 6) is 5.18. The molecule has 0 aliphatic heterocycles. The zero-order valence-electron chi connectivity index (χ0n) is 9.53. The Bertz CT molecular complexity index is 596. The second kappa shape index (κ2) is 5.79. The van der Waals surface area contributed by atoms with Crippen LogP contribution in [0.25, 0.3) is 6.08 Å². The summed E-state index contributed by atoms with van der Waals surface area (Å²) in [7, 11) is 0. The number of hydrogen-bond donors (Lipinski definition) is 0. The summed E-state index contributed by atoms with van der Waals surface area (Å²) < 4.78 is 25.3. The quantitative estimate of drug-likeness (QED) is 0.660. The molecule has 88 valence electrons. The van der Waals surface area contributed by atoms with E-state index in [1.54, 1.807) is 36.4 Å². The van der Waals surface area contributed by atoms with Gasteiger partial charge in [-0.25, -0.2) is 8.78 Å². The Morgan fingerprint density at radius 2 is 1.33 bits per heavy atom. The fraction of sp³-hybridized carbons (Fsp3) is 0. The number of rotatable bonds is 1. The molecule has 0 bridgehead atoms. The molecule has 0 spiro atoms. The molecule has 0 atom stereocenters. The molecule has 0 saturated carbocycles. The van der Waals surface area contributed by atoms with Gasteiger partial charge in [0.15, 0.2) is 0 Å². The normalized spacial score (nSPS) is 10.1. The molecule has 0 saturated heterocycles. The van der Waals surface area contributed by atoms with E-state index in [1.165, 1.54) is 24.3 Å². The van der Waals surface area contributed by atoms with Crippen molar-refractivity contribution in [2.24, 2.45) is 0 Å². The van der Waals surface area contributed by atoms with Crippen molar-refractivity contribution in [3.05, 3.63) is 77.4 Å². The van der Waals surface area contributed by atoms with Crippen LogP contribution in [0, 0.1) is 23.5 Å². The molecule has 2 aromatic rings. The molecular weight excluding hydrogens is 230 g/mol. The second-order valence-electron chi connectivity index (χ2n) is 3.66. The van der Waals surface area contributed by atoms with Gasteiger partial charge in [0.25, 0.3) is 0 Å². The van der Waals surface area contributed by atoms with E-state index in [0.717, 1.165) is 11.1 Å². The van der Waals surface area contributed by atoms with Gasteiger partial charge in [0.05, 0.1) is 0 Å². The van der Waals surface area contributed by atoms with Crippen molar-refractivity contribution in [3.63, 3.8) is 0 Å². The molecule has 0 radical (unpaired) electrons. The number of halogens is 2. The van der Waals surface area contributed by atoms with Gasteiger partial charge >= 0.3 is 0 Å². The first-order valence-corrected chi connectivity index (χ1v) is 5.43. The molecule has 0 heterocycles. The van der Waals surface area contributed by atoms with E-state index >= 15 is 0 Å². The Labute approximate surface area is 105 Å². The third-order valence-corrected chi connectivity index (χ3v) is 2.29. The van der Waals surface area contributed by atoms with E-state index in [1.807, 2.05) is 0 Å². The summed E-state index contributed by atoms with van der Waals surface area (Å²) in [6.45, 7) is 0. The monoisotopic (exact) mass is 240 g/mol. The van der Waals surface area contributed by atoms with Crippen molar-refractivity contribution in [2.75, 3.05) is 0 Å². The Balaban J connectivity index is 2.03. The van der Waals surface area contributed by atoms with Gasteiger partial charge in [0, 0.05) is 5.56 Å². The van der Waals surface area contributed by atoms with Crippen LogP contribution in [-0.4, -0.2) is 0 Å². The Kier molecular flexibility index (Phi) is 3.88. The molecule has 0 nitrogen and oxygen atoms in total. The van der Waals surface area contributed by atoms with E-state index < -0.39 is 0 Å². The van der Waals surface area contributed by atoms with Gasteiger partial charge in [0.1, 0.15) is 11.6 Å². The maximum atomic E-state index is 12.6. The van der Waals surface area contributed by atoms with E-state index in [0.29, 0.717) is 0 Å². The van der Waals surface area contributed by atoms with E-state index in [4.69, 9.17) is 0 Å². The van der Waals surface area contributed by atoms with E-state index in [9.17, 15) is 8.78 Å². The highest BCUT2D eigenvalue weighted by molar-refractivity contribution is 5.53. The summed E-state index contributed by atoms with van der Waals surface area (Å²) in [6, 6.07) is 12.1. The molecule has 0 unspecified atom stereocenters. The smallest absolute Gasteiger partial charge is 0.123 e. The summed E-state index contributed by atoms with van der Waals surface area (Å²) in [4.78, 5) is 0. The van der Waals surface area contributed by atoms with Crippen LogP contribution in [0.15, 0.2) is 54.6 Å². The van der Waals surface area contributed by atoms with Gasteiger partial charge in [-0.1, -0.05) is 24.0 Å². The van der Waals surface area contributed by atoms with Crippen molar-refractivity contribution in [1.29, 1.82) is 0 Å². The molecule has 0 aromatic heterocycles. The third-order valence-electron chi connectivity index (χ3n) is 2.29. The summed E-state index contributed by atoms with van der Waals surface area (Å²) in [6.07, 6.45) is 3.46. The van der Waals surface area contributed by atoms with Crippen molar-refractivity contribution < 1.29 is 8.78 Å². The lowest BCUT2D eigenvalue weighted by Crippen LogP contribution is -1.75. The van der Waals surface area contributed by atoms with Crippen LogP contribution in [0.1, 0.15) is 11.1 Å². The minimum absolute atomic E-state index is 0.260. The summed E-state index contributed by atoms with van der Waals surface area (Å²) >= 11 is 0. The average Bonchev–Trinajstić information content (AvgIpc) is 2.39. The molecule has 2 rings (SSSR count). The molecule has 0 aliphatic carbocycles. The second-order valence-corrected chi connectivity index (χ2v) is 3.66. The topological polar surface area (TPSA) is 0 Å². The molecular formula is C16H10F2. The summed E-state index contributed by atoms with van der Waals surface area (Å²) in [5.41, 5.74) is 1.63. The van der Waals surface area contributed by atoms with Crippen LogP contribution in [-0.2, 0) is 0 Å². The zero-order valence-corrected chi connectivity index (χ0v) is 9.53. The molecule has 2 aromatic carbocycles. The minimum atomic E-state index is -0.276. The highest BCUT2D eigenvalue weighted by Crippen LogP contribution is 2.04. The fourth-order valence-electron chi connectivity index (χ4n) is 1.37. The highest BCUT2D eigenvalue weighted by atomic mass is 19.1. The Morgan fingerprint density at radius 1 is 0.778 bits per heavy atom. The van der Waals surface area contributed by atoms with Crippen LogP contribution in [0.3, 0.4) is 0 Å². The predicted octanol–water partition coefficient (Wildman–Crippen LogP) is 4.03. The zero-order chi connectivity index (χ0) is 12.8. The maximum absolute atomic E-state index is 12.6. The van der Waals surface area contributed by atoms with Gasteiger partial charge in [-0.2, -0.15) is 0 Å². The number of allylic oxidation sites excluding steroid dienone is 1. The van der Waals surface area contributed by atoms with Gasteiger partial charge in [-0.3, -0.25) is 0 Å². The standard InChI is InChI=1S/C16H10F2/c17-15-9-5-13(6-10-15)3-1-2-4-14-7-11-16(18)12-8-14/h1,3,5-12H/b3-1+. The van der Waals surface area contributed by atoms with Crippen LogP contribution < -0.4 is 0 Å². The summed E-state index contributed by atoms with van der Waals surface area (Å²) in [5, 5.41) is 0. The van der Waals surface area contributed by atoms with Crippen molar-refractivity contribution in [3.8, 4) is 11.8 Å². The first-order valence-electron chi connectivity index (χ1n) is 5.43. The largest absolute Gasteiger partial charge is 0.207 e. The lowest BCUT2D eigenvalue weighted by atomic mass is 10.2. The van der Waals surface area contributed by atoms with Crippen molar-refractivity contribution in [1.82, 2.24) is 0 Å². The average molecular weight is 240 g/mol.